The van der Waals surface area contributed by atoms with Crippen LogP contribution in [0.4, 0.5) is 8.78 Å². The molecule has 1 aromatic heterocycles. The van der Waals surface area contributed by atoms with E-state index in [1.807, 2.05) is 0 Å². The second-order valence-corrected chi connectivity index (χ2v) is 4.70. The van der Waals surface area contributed by atoms with Gasteiger partial charge in [-0.2, -0.15) is 0 Å². The van der Waals surface area contributed by atoms with Crippen molar-refractivity contribution in [3.63, 3.8) is 0 Å². The lowest BCUT2D eigenvalue weighted by Gasteiger charge is -2.13. The number of thiol groups is 1. The molecule has 0 N–H and O–H groups in total. The van der Waals surface area contributed by atoms with Crippen LogP contribution >= 0.6 is 12.6 Å². The van der Waals surface area contributed by atoms with E-state index in [1.54, 1.807) is 6.92 Å². The van der Waals surface area contributed by atoms with Crippen LogP contribution in [0.15, 0.2) is 12.1 Å². The lowest BCUT2D eigenvalue weighted by atomic mass is 10.1. The lowest BCUT2D eigenvalue weighted by molar-refractivity contribution is -0.131. The molecule has 0 amide bonds. The Kier molecular flexibility index (Phi) is 4.22. The molecule has 2 aromatic rings. The monoisotopic (exact) mass is 311 g/mol. The Hall–Kier alpha value is -2.02. The maximum atomic E-state index is 13.4. The van der Waals surface area contributed by atoms with E-state index in [0.29, 0.717) is 12.1 Å². The molecule has 1 heterocycles. The molecule has 7 heteroatoms. The van der Waals surface area contributed by atoms with Gasteiger partial charge in [0.1, 0.15) is 0 Å². The zero-order valence-electron chi connectivity index (χ0n) is 11.2. The number of fused-ring (bicyclic) bond motifs is 1. The Balaban J connectivity index is 2.93. The van der Waals surface area contributed by atoms with E-state index in [4.69, 9.17) is 4.74 Å². The number of halogens is 2. The number of esters is 1. The summed E-state index contributed by atoms with van der Waals surface area (Å²) in [6, 6.07) is 1.74. The highest BCUT2D eigenvalue weighted by Crippen LogP contribution is 2.33. The van der Waals surface area contributed by atoms with Crippen LogP contribution in [-0.4, -0.2) is 16.1 Å². The molecular formula is C14H11F2NO3S. The largest absolute Gasteiger partial charge is 0.425 e. The normalized spacial score (nSPS) is 10.7. The Morgan fingerprint density at radius 1 is 1.29 bits per heavy atom. The van der Waals surface area contributed by atoms with E-state index in [2.05, 4.69) is 17.6 Å². The van der Waals surface area contributed by atoms with Gasteiger partial charge in [0.25, 0.3) is 0 Å². The average molecular weight is 311 g/mol. The van der Waals surface area contributed by atoms with Gasteiger partial charge in [-0.15, -0.1) is 12.6 Å². The minimum absolute atomic E-state index is 0.0189. The van der Waals surface area contributed by atoms with Crippen LogP contribution in [0.25, 0.3) is 10.9 Å². The van der Waals surface area contributed by atoms with Crippen LogP contribution in [0, 0.1) is 11.6 Å². The molecule has 0 aliphatic rings. The summed E-state index contributed by atoms with van der Waals surface area (Å²) >= 11 is 3.74. The first-order valence-corrected chi connectivity index (χ1v) is 6.53. The third-order valence-electron chi connectivity index (χ3n) is 2.85. The van der Waals surface area contributed by atoms with Crippen molar-refractivity contribution in [1.29, 1.82) is 0 Å². The molecular weight excluding hydrogens is 300 g/mol. The molecule has 4 nitrogen and oxygen atoms in total. The van der Waals surface area contributed by atoms with Gasteiger partial charge >= 0.3 is 5.97 Å². The van der Waals surface area contributed by atoms with Gasteiger partial charge in [0, 0.05) is 18.4 Å². The van der Waals surface area contributed by atoms with Gasteiger partial charge < -0.3 is 4.74 Å². The first-order chi connectivity index (χ1) is 9.85. The van der Waals surface area contributed by atoms with Gasteiger partial charge in [-0.25, -0.2) is 8.78 Å². The molecule has 0 radical (unpaired) electrons. The number of ether oxygens (including phenoxy) is 1. The molecule has 0 bridgehead atoms. The summed E-state index contributed by atoms with van der Waals surface area (Å²) in [5.41, 5.74) is 0.375. The number of rotatable bonds is 3. The van der Waals surface area contributed by atoms with Crippen molar-refractivity contribution >= 4 is 34.6 Å². The smallest absolute Gasteiger partial charge is 0.308 e. The molecule has 0 fully saturated rings. The van der Waals surface area contributed by atoms with E-state index in [-0.39, 0.29) is 22.2 Å². The topological polar surface area (TPSA) is 56.3 Å². The number of benzene rings is 1. The fourth-order valence-corrected chi connectivity index (χ4v) is 2.23. The van der Waals surface area contributed by atoms with Gasteiger partial charge in [-0.05, 0) is 12.5 Å². The molecule has 0 spiro atoms. The highest BCUT2D eigenvalue weighted by Gasteiger charge is 2.22. The molecule has 0 unspecified atom stereocenters. The molecule has 0 saturated carbocycles. The number of hydrogen-bond donors (Lipinski definition) is 1. The van der Waals surface area contributed by atoms with Crippen molar-refractivity contribution in [1.82, 2.24) is 4.98 Å². The number of hydrogen-bond acceptors (Lipinski definition) is 4. The van der Waals surface area contributed by atoms with E-state index >= 15 is 0 Å². The highest BCUT2D eigenvalue weighted by atomic mass is 32.1. The SMILES string of the molecule is CCc1nc2cc(F)c(F)cc2c(OC(C)=O)c1C(=O)S. The van der Waals surface area contributed by atoms with E-state index < -0.39 is 22.7 Å². The number of aromatic nitrogens is 1. The van der Waals surface area contributed by atoms with Gasteiger partial charge in [-0.3, -0.25) is 14.6 Å². The van der Waals surface area contributed by atoms with Crippen molar-refractivity contribution in [2.45, 2.75) is 20.3 Å². The second-order valence-electron chi connectivity index (χ2n) is 4.30. The number of aryl methyl sites for hydroxylation is 1. The minimum atomic E-state index is -1.13. The van der Waals surface area contributed by atoms with Crippen LogP contribution < -0.4 is 4.74 Å². The van der Waals surface area contributed by atoms with Crippen LogP contribution in [0.1, 0.15) is 29.9 Å². The molecule has 0 saturated heterocycles. The van der Waals surface area contributed by atoms with E-state index in [1.165, 1.54) is 0 Å². The molecule has 21 heavy (non-hydrogen) atoms. The van der Waals surface area contributed by atoms with E-state index in [9.17, 15) is 18.4 Å². The molecule has 110 valence electrons. The molecule has 0 aliphatic heterocycles. The predicted molar refractivity (Wildman–Crippen MR) is 75.7 cm³/mol. The summed E-state index contributed by atoms with van der Waals surface area (Å²) in [6.45, 7) is 2.87. The Labute approximate surface area is 124 Å². The van der Waals surface area contributed by atoms with Gasteiger partial charge in [0.05, 0.1) is 16.8 Å². The summed E-state index contributed by atoms with van der Waals surface area (Å²) < 4.78 is 31.8. The standard InChI is InChI=1S/C14H11F2NO3S/c1-3-10-12(14(19)21)13(20-6(2)18)7-4-8(15)9(16)5-11(7)17-10/h4-5H,3H2,1-2H3,(H,19,21). The number of carbonyl (C=O) groups is 2. The quantitative estimate of drug-likeness (QED) is 0.699. The number of nitrogens with zero attached hydrogens (tertiary/aromatic N) is 1. The Bertz CT molecular complexity index is 762. The third-order valence-corrected chi connectivity index (χ3v) is 3.07. The summed E-state index contributed by atoms with van der Waals surface area (Å²) in [7, 11) is 0. The Morgan fingerprint density at radius 2 is 1.90 bits per heavy atom. The summed E-state index contributed by atoms with van der Waals surface area (Å²) in [5.74, 6) is -3.04. The zero-order chi connectivity index (χ0) is 15.7. The molecule has 0 aliphatic carbocycles. The highest BCUT2D eigenvalue weighted by molar-refractivity contribution is 7.97. The van der Waals surface area contributed by atoms with Crippen molar-refractivity contribution in [2.24, 2.45) is 0 Å². The van der Waals surface area contributed by atoms with Crippen molar-refractivity contribution in [3.05, 3.63) is 35.0 Å². The van der Waals surface area contributed by atoms with Crippen LogP contribution in [0.5, 0.6) is 5.75 Å². The molecule has 0 atom stereocenters. The fourth-order valence-electron chi connectivity index (χ4n) is 2.00. The molecule has 1 aromatic carbocycles. The fraction of sp³-hybridized carbons (Fsp3) is 0.214. The van der Waals surface area contributed by atoms with Crippen molar-refractivity contribution in [3.8, 4) is 5.75 Å². The first-order valence-electron chi connectivity index (χ1n) is 6.08. The first kappa shape index (κ1) is 15.4. The lowest BCUT2D eigenvalue weighted by Crippen LogP contribution is -2.10. The number of carbonyl (C=O) groups excluding carboxylic acids is 2. The molecule has 2 rings (SSSR count). The zero-order valence-corrected chi connectivity index (χ0v) is 12.1. The third kappa shape index (κ3) is 2.87. The second kappa shape index (κ2) is 5.77. The predicted octanol–water partition coefficient (Wildman–Crippen LogP) is 3.07. The van der Waals surface area contributed by atoms with Crippen molar-refractivity contribution < 1.29 is 23.1 Å². The summed E-state index contributed by atoms with van der Waals surface area (Å²) in [4.78, 5) is 27.0. The van der Waals surface area contributed by atoms with Gasteiger partial charge in [0.15, 0.2) is 17.4 Å². The van der Waals surface area contributed by atoms with Crippen LogP contribution in [0.3, 0.4) is 0 Å². The summed E-state index contributed by atoms with van der Waals surface area (Å²) in [5, 5.41) is -0.624. The maximum absolute atomic E-state index is 13.4. The summed E-state index contributed by atoms with van der Waals surface area (Å²) in [6.07, 6.45) is 0.338. The maximum Gasteiger partial charge on any atom is 0.308 e. The van der Waals surface area contributed by atoms with Gasteiger partial charge in [0.2, 0.25) is 5.12 Å². The van der Waals surface area contributed by atoms with Crippen LogP contribution in [0.2, 0.25) is 0 Å². The Morgan fingerprint density at radius 3 is 2.43 bits per heavy atom. The van der Waals surface area contributed by atoms with Crippen molar-refractivity contribution in [2.75, 3.05) is 0 Å². The number of pyridine rings is 1. The van der Waals surface area contributed by atoms with Crippen LogP contribution in [-0.2, 0) is 11.2 Å². The van der Waals surface area contributed by atoms with E-state index in [0.717, 1.165) is 19.1 Å². The minimum Gasteiger partial charge on any atom is -0.425 e. The van der Waals surface area contributed by atoms with Gasteiger partial charge in [-0.1, -0.05) is 6.92 Å². The average Bonchev–Trinajstić information content (AvgIpc) is 2.39.